The highest BCUT2D eigenvalue weighted by atomic mass is 79.9. The first-order chi connectivity index (χ1) is 11.6. The Morgan fingerprint density at radius 3 is 2.42 bits per heavy atom. The molecule has 1 heterocycles. The van der Waals surface area contributed by atoms with E-state index in [1.165, 1.54) is 0 Å². The molecule has 3 rings (SSSR count). The number of nitrogens with one attached hydrogen (secondary N) is 2. The summed E-state index contributed by atoms with van der Waals surface area (Å²) < 4.78 is 0.939. The van der Waals surface area contributed by atoms with Gasteiger partial charge in [-0.3, -0.25) is 4.79 Å². The number of benzene rings is 2. The number of hydrogen-bond acceptors (Lipinski definition) is 4. The summed E-state index contributed by atoms with van der Waals surface area (Å²) in [6.45, 7) is 1.99. The minimum absolute atomic E-state index is 0.255. The van der Waals surface area contributed by atoms with Crippen LogP contribution >= 0.6 is 15.9 Å². The van der Waals surface area contributed by atoms with Crippen LogP contribution in [0.1, 0.15) is 16.1 Å². The second-order valence-electron chi connectivity index (χ2n) is 5.21. The molecule has 120 valence electrons. The van der Waals surface area contributed by atoms with Crippen LogP contribution in [-0.2, 0) is 0 Å². The maximum absolute atomic E-state index is 12.2. The van der Waals surface area contributed by atoms with Gasteiger partial charge in [-0.1, -0.05) is 40.2 Å². The fourth-order valence-electron chi connectivity index (χ4n) is 2.06. The lowest BCUT2D eigenvalue weighted by Gasteiger charge is -2.07. The third kappa shape index (κ3) is 3.97. The van der Waals surface area contributed by atoms with Crippen molar-refractivity contribution in [1.29, 1.82) is 0 Å². The first-order valence-corrected chi connectivity index (χ1v) is 8.14. The Balaban J connectivity index is 1.68. The van der Waals surface area contributed by atoms with Crippen LogP contribution in [0.3, 0.4) is 0 Å². The van der Waals surface area contributed by atoms with Gasteiger partial charge < -0.3 is 10.6 Å². The van der Waals surface area contributed by atoms with Gasteiger partial charge in [0.15, 0.2) is 11.5 Å². The maximum Gasteiger partial charge on any atom is 0.276 e. The Bertz CT molecular complexity index is 851. The number of para-hydroxylation sites is 1. The van der Waals surface area contributed by atoms with Gasteiger partial charge in [-0.25, -0.2) is 0 Å². The van der Waals surface area contributed by atoms with E-state index in [1.807, 2.05) is 55.5 Å². The van der Waals surface area contributed by atoms with Crippen LogP contribution in [0.5, 0.6) is 0 Å². The molecule has 0 fully saturated rings. The molecule has 24 heavy (non-hydrogen) atoms. The summed E-state index contributed by atoms with van der Waals surface area (Å²) in [5.41, 5.74) is 2.97. The van der Waals surface area contributed by atoms with Gasteiger partial charge in [-0.2, -0.15) is 0 Å². The predicted molar refractivity (Wildman–Crippen MR) is 98.6 cm³/mol. The minimum Gasteiger partial charge on any atom is -0.339 e. The third-order valence-corrected chi connectivity index (χ3v) is 4.23. The number of aryl methyl sites for hydroxylation is 1. The number of hydrogen-bond donors (Lipinski definition) is 2. The molecule has 1 aromatic heterocycles. The number of carbonyl (C=O) groups excluding carboxylic acids is 1. The van der Waals surface area contributed by atoms with Crippen molar-refractivity contribution in [3.63, 3.8) is 0 Å². The lowest BCUT2D eigenvalue weighted by atomic mass is 10.2. The molecule has 0 spiro atoms. The van der Waals surface area contributed by atoms with Crippen LogP contribution in [0, 0.1) is 6.92 Å². The summed E-state index contributed by atoms with van der Waals surface area (Å²) in [6.07, 6.45) is 0. The zero-order chi connectivity index (χ0) is 16.9. The Labute approximate surface area is 148 Å². The van der Waals surface area contributed by atoms with Crippen LogP contribution in [0.2, 0.25) is 0 Å². The quantitative estimate of drug-likeness (QED) is 0.694. The molecule has 0 saturated carbocycles. The van der Waals surface area contributed by atoms with Crippen LogP contribution in [0.25, 0.3) is 0 Å². The summed E-state index contributed by atoms with van der Waals surface area (Å²) in [7, 11) is 0. The summed E-state index contributed by atoms with van der Waals surface area (Å²) in [4.78, 5) is 12.2. The Hall–Kier alpha value is -2.73. The number of halogens is 1. The van der Waals surface area contributed by atoms with Crippen molar-refractivity contribution in [2.45, 2.75) is 6.92 Å². The minimum atomic E-state index is -0.301. The predicted octanol–water partition coefficient (Wildman–Crippen LogP) is 4.54. The zero-order valence-corrected chi connectivity index (χ0v) is 14.5. The van der Waals surface area contributed by atoms with Gasteiger partial charge in [0, 0.05) is 15.8 Å². The van der Waals surface area contributed by atoms with E-state index in [-0.39, 0.29) is 11.6 Å². The van der Waals surface area contributed by atoms with Crippen LogP contribution in [0.4, 0.5) is 17.2 Å². The number of amides is 1. The molecule has 0 aliphatic heterocycles. The van der Waals surface area contributed by atoms with Gasteiger partial charge in [0.2, 0.25) is 0 Å². The molecule has 0 aliphatic rings. The van der Waals surface area contributed by atoms with E-state index in [9.17, 15) is 4.79 Å². The van der Waals surface area contributed by atoms with Crippen LogP contribution in [0.15, 0.2) is 65.1 Å². The van der Waals surface area contributed by atoms with Crippen LogP contribution < -0.4 is 10.6 Å². The van der Waals surface area contributed by atoms with E-state index < -0.39 is 0 Å². The first-order valence-electron chi connectivity index (χ1n) is 7.35. The van der Waals surface area contributed by atoms with Crippen molar-refractivity contribution in [2.75, 3.05) is 10.6 Å². The summed E-state index contributed by atoms with van der Waals surface area (Å²) in [5.74, 6) is 0.278. The van der Waals surface area contributed by atoms with E-state index in [4.69, 9.17) is 0 Å². The largest absolute Gasteiger partial charge is 0.339 e. The van der Waals surface area contributed by atoms with Crippen molar-refractivity contribution in [2.24, 2.45) is 0 Å². The van der Waals surface area contributed by atoms with Crippen molar-refractivity contribution in [3.8, 4) is 0 Å². The molecule has 5 nitrogen and oxygen atoms in total. The Morgan fingerprint density at radius 1 is 0.958 bits per heavy atom. The molecule has 0 aliphatic carbocycles. The molecule has 0 unspecified atom stereocenters. The van der Waals surface area contributed by atoms with E-state index >= 15 is 0 Å². The smallest absolute Gasteiger partial charge is 0.276 e. The van der Waals surface area contributed by atoms with E-state index in [0.29, 0.717) is 11.5 Å². The first kappa shape index (κ1) is 16.1. The number of nitrogens with zero attached hydrogens (tertiary/aromatic N) is 2. The molecule has 2 N–H and O–H groups in total. The molecule has 3 aromatic rings. The Kier molecular flexibility index (Phi) is 4.86. The molecular weight excluding hydrogens is 368 g/mol. The Morgan fingerprint density at radius 2 is 1.75 bits per heavy atom. The molecule has 1 amide bonds. The standard InChI is InChI=1S/C18H15BrN4O/c1-12-7-8-14(11-15(12)19)21-18(24)16-9-10-17(23-22-16)20-13-5-3-2-4-6-13/h2-11H,1H3,(H,20,23)(H,21,24). The lowest BCUT2D eigenvalue weighted by molar-refractivity contribution is 0.102. The molecule has 2 aromatic carbocycles. The van der Waals surface area contributed by atoms with E-state index in [0.717, 1.165) is 15.7 Å². The average Bonchev–Trinajstić information content (AvgIpc) is 2.60. The zero-order valence-electron chi connectivity index (χ0n) is 13.0. The van der Waals surface area contributed by atoms with Gasteiger partial charge in [-0.05, 0) is 48.9 Å². The normalized spacial score (nSPS) is 10.2. The average molecular weight is 383 g/mol. The SMILES string of the molecule is Cc1ccc(NC(=O)c2ccc(Nc3ccccc3)nn2)cc1Br. The summed E-state index contributed by atoms with van der Waals surface area (Å²) >= 11 is 3.45. The number of rotatable bonds is 4. The molecule has 0 radical (unpaired) electrons. The van der Waals surface area contributed by atoms with Gasteiger partial charge >= 0.3 is 0 Å². The molecule has 0 saturated heterocycles. The molecule has 0 atom stereocenters. The third-order valence-electron chi connectivity index (χ3n) is 3.37. The van der Waals surface area contributed by atoms with Crippen LogP contribution in [-0.4, -0.2) is 16.1 Å². The number of carbonyl (C=O) groups is 1. The monoisotopic (exact) mass is 382 g/mol. The lowest BCUT2D eigenvalue weighted by Crippen LogP contribution is -2.14. The highest BCUT2D eigenvalue weighted by Crippen LogP contribution is 2.21. The second-order valence-corrected chi connectivity index (χ2v) is 6.07. The van der Waals surface area contributed by atoms with Gasteiger partial charge in [-0.15, -0.1) is 10.2 Å². The van der Waals surface area contributed by atoms with Gasteiger partial charge in [0.05, 0.1) is 0 Å². The second kappa shape index (κ2) is 7.23. The van der Waals surface area contributed by atoms with Crippen molar-refractivity contribution >= 4 is 39.0 Å². The summed E-state index contributed by atoms with van der Waals surface area (Å²) in [6, 6.07) is 18.6. The van der Waals surface area contributed by atoms with Gasteiger partial charge in [0.25, 0.3) is 5.91 Å². The van der Waals surface area contributed by atoms with Crippen molar-refractivity contribution in [1.82, 2.24) is 10.2 Å². The van der Waals surface area contributed by atoms with E-state index in [2.05, 4.69) is 36.8 Å². The highest BCUT2D eigenvalue weighted by Gasteiger charge is 2.09. The number of anilines is 3. The molecule has 6 heteroatoms. The highest BCUT2D eigenvalue weighted by molar-refractivity contribution is 9.10. The van der Waals surface area contributed by atoms with Crippen molar-refractivity contribution in [3.05, 3.63) is 76.4 Å². The molecule has 0 bridgehead atoms. The van der Waals surface area contributed by atoms with E-state index in [1.54, 1.807) is 12.1 Å². The molecular formula is C18H15BrN4O. The number of aromatic nitrogens is 2. The maximum atomic E-state index is 12.2. The van der Waals surface area contributed by atoms with Crippen molar-refractivity contribution < 1.29 is 4.79 Å². The topological polar surface area (TPSA) is 66.9 Å². The van der Waals surface area contributed by atoms with Gasteiger partial charge in [0.1, 0.15) is 0 Å². The summed E-state index contributed by atoms with van der Waals surface area (Å²) in [5, 5.41) is 13.9. The fourth-order valence-corrected chi connectivity index (χ4v) is 2.43. The fraction of sp³-hybridized carbons (Fsp3) is 0.0556.